The number of sulfonamides is 1. The highest BCUT2D eigenvalue weighted by molar-refractivity contribution is 7.92. The van der Waals surface area contributed by atoms with Gasteiger partial charge in [0.25, 0.3) is 10.0 Å². The number of anilines is 1. The van der Waals surface area contributed by atoms with E-state index >= 15 is 0 Å². The maximum Gasteiger partial charge on any atom is 0.264 e. The standard InChI is InChI=1S/C35H37ClFN3O5S/c1-4-25(2)38-35(42)33(22-26-10-6-5-7-11-26)39(23-27-12-8-9-13-32(27)36)34(41)24-40(29-16-14-28(37)15-17-29)46(43,44)31-20-18-30(45-3)19-21-31/h5-21,25,33H,4,22-24H2,1-3H3,(H,38,42)/t25-,33+/m1/s1. The van der Waals surface area contributed by atoms with Crippen LogP contribution in [0.4, 0.5) is 10.1 Å². The van der Waals surface area contributed by atoms with Crippen molar-refractivity contribution in [1.29, 1.82) is 0 Å². The highest BCUT2D eigenvalue weighted by atomic mass is 35.5. The first-order valence-electron chi connectivity index (χ1n) is 14.8. The molecule has 0 radical (unpaired) electrons. The van der Waals surface area contributed by atoms with Crippen molar-refractivity contribution >= 4 is 39.1 Å². The van der Waals surface area contributed by atoms with Gasteiger partial charge in [0.1, 0.15) is 24.2 Å². The smallest absolute Gasteiger partial charge is 0.264 e. The van der Waals surface area contributed by atoms with Gasteiger partial charge in [0.15, 0.2) is 0 Å². The number of nitrogens with one attached hydrogen (secondary N) is 1. The third kappa shape index (κ3) is 8.64. The molecule has 0 bridgehead atoms. The summed E-state index contributed by atoms with van der Waals surface area (Å²) in [5.74, 6) is -1.15. The fourth-order valence-electron chi connectivity index (χ4n) is 4.82. The predicted octanol–water partition coefficient (Wildman–Crippen LogP) is 6.24. The summed E-state index contributed by atoms with van der Waals surface area (Å²) in [6.45, 7) is 3.07. The second kappa shape index (κ2) is 15.7. The zero-order valence-electron chi connectivity index (χ0n) is 25.9. The summed E-state index contributed by atoms with van der Waals surface area (Å²) in [5.41, 5.74) is 1.47. The van der Waals surface area contributed by atoms with E-state index in [1.54, 1.807) is 24.3 Å². The molecular weight excluding hydrogens is 629 g/mol. The van der Waals surface area contributed by atoms with Crippen molar-refractivity contribution in [3.8, 4) is 5.75 Å². The number of nitrogens with zero attached hydrogens (tertiary/aromatic N) is 2. The molecule has 4 aromatic rings. The minimum Gasteiger partial charge on any atom is -0.497 e. The van der Waals surface area contributed by atoms with Crippen molar-refractivity contribution in [3.63, 3.8) is 0 Å². The van der Waals surface area contributed by atoms with Gasteiger partial charge in [-0.15, -0.1) is 0 Å². The van der Waals surface area contributed by atoms with Gasteiger partial charge >= 0.3 is 0 Å². The van der Waals surface area contributed by atoms with Gasteiger partial charge in [-0.1, -0.05) is 67.1 Å². The molecule has 0 aromatic heterocycles. The van der Waals surface area contributed by atoms with Crippen LogP contribution in [0.5, 0.6) is 5.75 Å². The van der Waals surface area contributed by atoms with Crippen LogP contribution in [0.1, 0.15) is 31.4 Å². The second-order valence-corrected chi connectivity index (χ2v) is 13.1. The van der Waals surface area contributed by atoms with E-state index in [0.717, 1.165) is 22.0 Å². The number of amides is 2. The number of methoxy groups -OCH3 is 1. The summed E-state index contributed by atoms with van der Waals surface area (Å²) in [5, 5.41) is 3.38. The largest absolute Gasteiger partial charge is 0.497 e. The first-order chi connectivity index (χ1) is 22.0. The SMILES string of the molecule is CC[C@@H](C)NC(=O)[C@H](Cc1ccccc1)N(Cc1ccccc1Cl)C(=O)CN(c1ccc(F)cc1)S(=O)(=O)c1ccc(OC)cc1. The molecule has 2 atom stereocenters. The van der Waals surface area contributed by atoms with Gasteiger partial charge in [-0.05, 0) is 79.1 Å². The van der Waals surface area contributed by atoms with Crippen molar-refractivity contribution in [2.45, 2.75) is 50.2 Å². The number of benzene rings is 4. The van der Waals surface area contributed by atoms with E-state index in [1.165, 1.54) is 48.4 Å². The maximum absolute atomic E-state index is 14.5. The quantitative estimate of drug-likeness (QED) is 0.172. The molecule has 8 nitrogen and oxygen atoms in total. The summed E-state index contributed by atoms with van der Waals surface area (Å²) >= 11 is 6.53. The number of ether oxygens (including phenoxy) is 1. The first kappa shape index (κ1) is 34.5. The van der Waals surface area contributed by atoms with E-state index in [-0.39, 0.29) is 35.5 Å². The van der Waals surface area contributed by atoms with Crippen molar-refractivity contribution in [3.05, 3.63) is 125 Å². The fourth-order valence-corrected chi connectivity index (χ4v) is 6.43. The Morgan fingerprint density at radius 3 is 2.15 bits per heavy atom. The van der Waals surface area contributed by atoms with Crippen LogP contribution in [0.2, 0.25) is 5.02 Å². The van der Waals surface area contributed by atoms with Crippen molar-refractivity contribution in [2.75, 3.05) is 18.0 Å². The van der Waals surface area contributed by atoms with E-state index in [1.807, 2.05) is 44.2 Å². The molecular formula is C35H37ClFN3O5S. The Balaban J connectivity index is 1.81. The molecule has 0 heterocycles. The molecule has 2 amide bonds. The Labute approximate surface area is 274 Å². The van der Waals surface area contributed by atoms with E-state index < -0.39 is 34.3 Å². The van der Waals surface area contributed by atoms with Crippen LogP contribution in [0.25, 0.3) is 0 Å². The Morgan fingerprint density at radius 2 is 1.54 bits per heavy atom. The molecule has 0 aliphatic carbocycles. The van der Waals surface area contributed by atoms with Gasteiger partial charge in [0.05, 0.1) is 17.7 Å². The molecule has 0 aliphatic heterocycles. The Hall–Kier alpha value is -4.41. The average molecular weight is 666 g/mol. The zero-order chi connectivity index (χ0) is 33.3. The van der Waals surface area contributed by atoms with E-state index in [4.69, 9.17) is 16.3 Å². The lowest BCUT2D eigenvalue weighted by Crippen LogP contribution is -2.54. The molecule has 11 heteroatoms. The van der Waals surface area contributed by atoms with Crippen molar-refractivity contribution in [1.82, 2.24) is 10.2 Å². The summed E-state index contributed by atoms with van der Waals surface area (Å²) < 4.78 is 48.2. The molecule has 4 rings (SSSR count). The monoisotopic (exact) mass is 665 g/mol. The number of carbonyl (C=O) groups excluding carboxylic acids is 2. The third-order valence-corrected chi connectivity index (χ3v) is 9.77. The fraction of sp³-hybridized carbons (Fsp3) is 0.257. The summed E-state index contributed by atoms with van der Waals surface area (Å²) in [6, 6.07) is 25.6. The van der Waals surface area contributed by atoms with Crippen LogP contribution in [-0.2, 0) is 32.6 Å². The maximum atomic E-state index is 14.5. The lowest BCUT2D eigenvalue weighted by atomic mass is 10.0. The molecule has 46 heavy (non-hydrogen) atoms. The van der Waals surface area contributed by atoms with Gasteiger partial charge < -0.3 is 15.0 Å². The number of rotatable bonds is 14. The van der Waals surface area contributed by atoms with Crippen LogP contribution in [0.15, 0.2) is 108 Å². The molecule has 4 aromatic carbocycles. The van der Waals surface area contributed by atoms with Gasteiger partial charge in [0, 0.05) is 24.0 Å². The number of hydrogen-bond donors (Lipinski definition) is 1. The third-order valence-electron chi connectivity index (χ3n) is 7.61. The molecule has 0 fully saturated rings. The highest BCUT2D eigenvalue weighted by Gasteiger charge is 2.35. The Bertz CT molecular complexity index is 1720. The minimum atomic E-state index is -4.35. The summed E-state index contributed by atoms with van der Waals surface area (Å²) in [7, 11) is -2.89. The molecule has 0 saturated heterocycles. The van der Waals surface area contributed by atoms with Crippen LogP contribution in [0, 0.1) is 5.82 Å². The predicted molar refractivity (Wildman–Crippen MR) is 178 cm³/mol. The van der Waals surface area contributed by atoms with E-state index in [0.29, 0.717) is 22.8 Å². The highest BCUT2D eigenvalue weighted by Crippen LogP contribution is 2.27. The minimum absolute atomic E-state index is 0.0657. The van der Waals surface area contributed by atoms with Gasteiger partial charge in [-0.2, -0.15) is 0 Å². The molecule has 242 valence electrons. The van der Waals surface area contributed by atoms with Crippen LogP contribution < -0.4 is 14.4 Å². The van der Waals surface area contributed by atoms with Crippen LogP contribution in [0.3, 0.4) is 0 Å². The van der Waals surface area contributed by atoms with Gasteiger partial charge in [-0.25, -0.2) is 12.8 Å². The van der Waals surface area contributed by atoms with Gasteiger partial charge in [0.2, 0.25) is 11.8 Å². The average Bonchev–Trinajstić information content (AvgIpc) is 3.06. The number of hydrogen-bond acceptors (Lipinski definition) is 5. The molecule has 0 spiro atoms. The Kier molecular flexibility index (Phi) is 11.8. The molecule has 0 aliphatic rings. The molecule has 0 unspecified atom stereocenters. The van der Waals surface area contributed by atoms with Crippen molar-refractivity contribution in [2.24, 2.45) is 0 Å². The normalized spacial score (nSPS) is 12.5. The number of halogens is 2. The van der Waals surface area contributed by atoms with Gasteiger partial charge in [-0.3, -0.25) is 13.9 Å². The lowest BCUT2D eigenvalue weighted by molar-refractivity contribution is -0.140. The summed E-state index contributed by atoms with van der Waals surface area (Å²) in [6.07, 6.45) is 0.835. The summed E-state index contributed by atoms with van der Waals surface area (Å²) in [4.78, 5) is 29.6. The molecule has 0 saturated carbocycles. The van der Waals surface area contributed by atoms with E-state index in [9.17, 15) is 22.4 Å². The second-order valence-electron chi connectivity index (χ2n) is 10.8. The first-order valence-corrected chi connectivity index (χ1v) is 16.6. The number of carbonyl (C=O) groups is 2. The molecule has 1 N–H and O–H groups in total. The van der Waals surface area contributed by atoms with Crippen LogP contribution >= 0.6 is 11.6 Å². The Morgan fingerprint density at radius 1 is 0.913 bits per heavy atom. The van der Waals surface area contributed by atoms with E-state index in [2.05, 4.69) is 5.32 Å². The topological polar surface area (TPSA) is 96.0 Å². The van der Waals surface area contributed by atoms with Crippen LogP contribution in [-0.4, -0.2) is 50.9 Å². The van der Waals surface area contributed by atoms with Crippen molar-refractivity contribution < 1.29 is 27.1 Å². The lowest BCUT2D eigenvalue weighted by Gasteiger charge is -2.34. The zero-order valence-corrected chi connectivity index (χ0v) is 27.5.